The Morgan fingerprint density at radius 1 is 0.528 bits per heavy atom. The molecule has 1 aliphatic heterocycles. The Morgan fingerprint density at radius 3 is 1.39 bits per heavy atom. The van der Waals surface area contributed by atoms with E-state index in [1.54, 1.807) is 4.90 Å². The Labute approximate surface area is 437 Å². The van der Waals surface area contributed by atoms with Gasteiger partial charge in [0.05, 0.1) is 11.4 Å². The molecule has 1 heterocycles. The van der Waals surface area contributed by atoms with Gasteiger partial charge >= 0.3 is 0 Å². The maximum Gasteiger partial charge on any atom is 0.263 e. The highest BCUT2D eigenvalue weighted by Gasteiger charge is 2.34. The van der Waals surface area contributed by atoms with Gasteiger partial charge in [0.1, 0.15) is 0 Å². The van der Waals surface area contributed by atoms with E-state index < -0.39 is 0 Å². The summed E-state index contributed by atoms with van der Waals surface area (Å²) in [7, 11) is 2.08. The first-order chi connectivity index (χ1) is 34.0. The van der Waals surface area contributed by atoms with Crippen molar-refractivity contribution in [1.82, 2.24) is 0 Å². The first-order valence-electron chi connectivity index (χ1n) is 25.3. The molecule has 0 unspecified atom stereocenters. The maximum atomic E-state index is 13.4. The topological polar surface area (TPSA) is 23.6 Å². The molecule has 0 saturated heterocycles. The Hall–Kier alpha value is -7.23. The van der Waals surface area contributed by atoms with Crippen molar-refractivity contribution in [1.29, 1.82) is 0 Å². The Bertz CT molecular complexity index is 2910. The number of nitrogens with zero attached hydrogens (tertiary/aromatic N) is 2. The number of benzene rings is 6. The van der Waals surface area contributed by atoms with Crippen LogP contribution >= 0.6 is 0 Å². The molecule has 72 heavy (non-hydrogen) atoms. The zero-order valence-corrected chi connectivity index (χ0v) is 46.8. The number of carbonyl (C=O) groups is 1. The first-order valence-corrected chi connectivity index (χ1v) is 25.3. The van der Waals surface area contributed by atoms with Gasteiger partial charge in [-0.05, 0) is 143 Å². The summed E-state index contributed by atoms with van der Waals surface area (Å²) in [5.41, 5.74) is 26.1. The number of hydrogen-bond donors (Lipinski definition) is 0. The number of hydrogen-bond acceptors (Lipinski definition) is 2. The Morgan fingerprint density at radius 2 is 0.931 bits per heavy atom. The van der Waals surface area contributed by atoms with Crippen molar-refractivity contribution in [2.75, 3.05) is 16.8 Å². The number of carbonyl (C=O) groups excluding carboxylic acids is 1. The molecule has 6 aromatic rings. The van der Waals surface area contributed by atoms with Crippen LogP contribution in [-0.2, 0) is 6.42 Å². The number of anilines is 2. The van der Waals surface area contributed by atoms with Crippen LogP contribution in [0.4, 0.5) is 11.4 Å². The molecule has 0 aromatic heterocycles. The highest BCUT2D eigenvalue weighted by atomic mass is 16.2. The zero-order valence-electron chi connectivity index (χ0n) is 46.8. The second kappa shape index (κ2) is 27.4. The van der Waals surface area contributed by atoms with Crippen LogP contribution in [0, 0.1) is 41.5 Å². The van der Waals surface area contributed by atoms with E-state index in [1.807, 2.05) is 83.2 Å². The van der Waals surface area contributed by atoms with Crippen LogP contribution in [0.25, 0.3) is 39.8 Å². The summed E-state index contributed by atoms with van der Waals surface area (Å²) in [6.45, 7) is 57.6. The number of amides is 1. The number of allylic oxidation sites excluding steroid dienone is 4. The fourth-order valence-corrected chi connectivity index (χ4v) is 8.96. The lowest BCUT2D eigenvalue weighted by Gasteiger charge is -2.27. The third-order valence-corrected chi connectivity index (χ3v) is 12.1. The number of fused-ring (bicyclic) bond motifs is 1. The van der Waals surface area contributed by atoms with Gasteiger partial charge in [-0.3, -0.25) is 9.69 Å². The molecule has 1 aliphatic rings. The van der Waals surface area contributed by atoms with E-state index in [-0.39, 0.29) is 5.91 Å². The monoisotopic (exact) mass is 957 g/mol. The SMILES string of the molecule is C=C(C)c1ccc(C)cc1C(=C)C.C=C(C)c1ccccc1C(=C)C.C=Cc1ccccc1C(=C)N(C)c1c(C)cc(Cc2cc(C)c(N3C(=C)c4ccc(C)cc4C3=O)c(C)c2)cc1C.CCC.CCC. The lowest BCUT2D eigenvalue weighted by Crippen LogP contribution is -2.24. The minimum Gasteiger partial charge on any atom is -0.344 e. The molecular weight excluding hydrogens is 873 g/mol. The molecule has 0 bridgehead atoms. The number of aryl methyl sites for hydroxylation is 6. The summed E-state index contributed by atoms with van der Waals surface area (Å²) in [4.78, 5) is 17.4. The van der Waals surface area contributed by atoms with Gasteiger partial charge in [-0.2, -0.15) is 0 Å². The molecule has 376 valence electrons. The van der Waals surface area contributed by atoms with Crippen molar-refractivity contribution in [2.24, 2.45) is 0 Å². The van der Waals surface area contributed by atoms with Crippen molar-refractivity contribution < 1.29 is 4.79 Å². The summed E-state index contributed by atoms with van der Waals surface area (Å²) in [6.07, 6.45) is 5.18. The van der Waals surface area contributed by atoms with E-state index in [0.717, 1.165) is 84.7 Å². The molecule has 1 amide bonds. The summed E-state index contributed by atoms with van der Waals surface area (Å²) in [5, 5.41) is 0. The normalized spacial score (nSPS) is 11.0. The van der Waals surface area contributed by atoms with Crippen molar-refractivity contribution in [3.63, 3.8) is 0 Å². The fourth-order valence-electron chi connectivity index (χ4n) is 8.96. The van der Waals surface area contributed by atoms with Crippen LogP contribution in [0.15, 0.2) is 155 Å². The third kappa shape index (κ3) is 14.9. The van der Waals surface area contributed by atoms with E-state index in [2.05, 4.69) is 187 Å². The van der Waals surface area contributed by atoms with Crippen molar-refractivity contribution in [2.45, 2.75) is 116 Å². The summed E-state index contributed by atoms with van der Waals surface area (Å²) < 4.78 is 0. The molecule has 0 fully saturated rings. The second-order valence-electron chi connectivity index (χ2n) is 19.4. The molecule has 7 rings (SSSR count). The Balaban J connectivity index is 0.000000357. The van der Waals surface area contributed by atoms with Gasteiger partial charge in [0.15, 0.2) is 0 Å². The minimum absolute atomic E-state index is 0.00379. The lowest BCUT2D eigenvalue weighted by atomic mass is 9.95. The molecule has 0 atom stereocenters. The maximum absolute atomic E-state index is 13.4. The summed E-state index contributed by atoms with van der Waals surface area (Å²) >= 11 is 0. The molecule has 0 radical (unpaired) electrons. The minimum atomic E-state index is -0.00379. The predicted octanol–water partition coefficient (Wildman–Crippen LogP) is 19.8. The van der Waals surface area contributed by atoms with Crippen LogP contribution in [0.3, 0.4) is 0 Å². The smallest absolute Gasteiger partial charge is 0.263 e. The molecular formula is C69H84N2O. The average Bonchev–Trinajstić information content (AvgIpc) is 3.55. The molecule has 0 spiro atoms. The van der Waals surface area contributed by atoms with Gasteiger partial charge < -0.3 is 4.90 Å². The largest absolute Gasteiger partial charge is 0.344 e. The highest BCUT2D eigenvalue weighted by Crippen LogP contribution is 2.40. The van der Waals surface area contributed by atoms with Crippen molar-refractivity contribution >= 4 is 57.0 Å². The second-order valence-corrected chi connectivity index (χ2v) is 19.4. The van der Waals surface area contributed by atoms with E-state index in [9.17, 15) is 4.79 Å². The van der Waals surface area contributed by atoms with Gasteiger partial charge in [0, 0.05) is 35.1 Å². The molecule has 6 aromatic carbocycles. The molecule has 0 saturated carbocycles. The van der Waals surface area contributed by atoms with Gasteiger partial charge in [-0.25, -0.2) is 0 Å². The van der Waals surface area contributed by atoms with Crippen LogP contribution in [0.2, 0.25) is 0 Å². The predicted molar refractivity (Wildman–Crippen MR) is 324 cm³/mol. The molecule has 3 nitrogen and oxygen atoms in total. The van der Waals surface area contributed by atoms with Crippen molar-refractivity contribution in [3.8, 4) is 0 Å². The number of rotatable bonds is 11. The quantitative estimate of drug-likeness (QED) is 0.129. The van der Waals surface area contributed by atoms with Gasteiger partial charge in [-0.1, -0.05) is 229 Å². The van der Waals surface area contributed by atoms with Crippen LogP contribution in [-0.4, -0.2) is 13.0 Å². The molecule has 0 N–H and O–H groups in total. The summed E-state index contributed by atoms with van der Waals surface area (Å²) in [5.74, 6) is -0.00379. The van der Waals surface area contributed by atoms with Crippen LogP contribution in [0.5, 0.6) is 0 Å². The standard InChI is InChI=1S/C38H38N2O.C13H16.C12H14.2C3H8/c1-10-32-13-11-12-14-33(32)28(7)39(9)36-24(3)18-30(19-25(36)4)22-31-20-26(5)37(27(6)21-31)40-29(8)34-16-15-23(2)17-35(34)38(40)41;1-9(2)12-7-6-11(5)8-13(12)10(3)4;1-9(2)11-7-5-6-8-12(11)10(3)4;2*1-3-2/h10-21H,1,7-8,22H2,2-6,9H3;6-8H,1,3H2,2,4-5H3;5-8H,1,3H2,2,4H3;2*3H2,1-2H3. The van der Waals surface area contributed by atoms with E-state index >= 15 is 0 Å². The highest BCUT2D eigenvalue weighted by molar-refractivity contribution is 6.22. The van der Waals surface area contributed by atoms with Crippen LogP contribution in [0.1, 0.15) is 162 Å². The summed E-state index contributed by atoms with van der Waals surface area (Å²) in [6, 6.07) is 37.7. The van der Waals surface area contributed by atoms with Crippen molar-refractivity contribution in [3.05, 3.63) is 244 Å². The van der Waals surface area contributed by atoms with E-state index in [0.29, 0.717) is 0 Å². The molecule has 0 aliphatic carbocycles. The zero-order chi connectivity index (χ0) is 54.1. The Kier molecular flexibility index (Phi) is 22.5. The fraction of sp³-hybridized carbons (Fsp3) is 0.261. The van der Waals surface area contributed by atoms with Gasteiger partial charge in [0.25, 0.3) is 5.91 Å². The third-order valence-electron chi connectivity index (χ3n) is 12.1. The average molecular weight is 957 g/mol. The first kappa shape index (κ1) is 59.1. The van der Waals surface area contributed by atoms with Gasteiger partial charge in [-0.15, -0.1) is 0 Å². The lowest BCUT2D eigenvalue weighted by molar-refractivity contribution is 0.101. The van der Waals surface area contributed by atoms with E-state index in [4.69, 9.17) is 0 Å². The van der Waals surface area contributed by atoms with E-state index in [1.165, 1.54) is 68.6 Å². The van der Waals surface area contributed by atoms with Gasteiger partial charge in [0.2, 0.25) is 0 Å². The van der Waals surface area contributed by atoms with Crippen LogP contribution < -0.4 is 9.80 Å². The molecule has 3 heteroatoms.